The summed E-state index contributed by atoms with van der Waals surface area (Å²) >= 11 is 5.82. The van der Waals surface area contributed by atoms with Gasteiger partial charge in [0.05, 0.1) is 12.2 Å². The van der Waals surface area contributed by atoms with Gasteiger partial charge in [-0.1, -0.05) is 11.6 Å². The lowest BCUT2D eigenvalue weighted by Gasteiger charge is -2.11. The van der Waals surface area contributed by atoms with Gasteiger partial charge in [-0.15, -0.1) is 0 Å². The molecule has 140 valence electrons. The lowest BCUT2D eigenvalue weighted by Crippen LogP contribution is -2.23. The molecule has 8 nitrogen and oxygen atoms in total. The monoisotopic (exact) mass is 406 g/mol. The van der Waals surface area contributed by atoms with Crippen molar-refractivity contribution < 1.29 is 18.3 Å². The zero-order chi connectivity index (χ0) is 19.6. The molecule has 0 saturated heterocycles. The molecule has 0 fully saturated rings. The molecular weight excluding hydrogens is 392 g/mol. The molecule has 3 rings (SSSR count). The van der Waals surface area contributed by atoms with E-state index in [-0.39, 0.29) is 16.6 Å². The summed E-state index contributed by atoms with van der Waals surface area (Å²) in [5, 5.41) is 9.35. The van der Waals surface area contributed by atoms with Crippen LogP contribution in [-0.2, 0) is 16.6 Å². The minimum atomic E-state index is -3.94. The van der Waals surface area contributed by atoms with E-state index in [9.17, 15) is 13.2 Å². The molecule has 27 heavy (non-hydrogen) atoms. The molecule has 0 bridgehead atoms. The summed E-state index contributed by atoms with van der Waals surface area (Å²) in [5.41, 5.74) is 1.38. The maximum absolute atomic E-state index is 13.1. The quantitative estimate of drug-likeness (QED) is 0.653. The van der Waals surface area contributed by atoms with Gasteiger partial charge in [0, 0.05) is 37.4 Å². The summed E-state index contributed by atoms with van der Waals surface area (Å²) in [6, 6.07) is 7.77. The van der Waals surface area contributed by atoms with Crippen molar-refractivity contribution >= 4 is 27.7 Å². The molecule has 3 aromatic rings. The van der Waals surface area contributed by atoms with Crippen molar-refractivity contribution in [3.8, 4) is 11.3 Å². The zero-order valence-corrected chi connectivity index (χ0v) is 15.7. The number of hydrogen-bond acceptors (Lipinski definition) is 5. The molecule has 10 heteroatoms. The van der Waals surface area contributed by atoms with E-state index in [2.05, 4.69) is 9.97 Å². The molecule has 0 atom stereocenters. The first-order valence-electron chi connectivity index (χ1n) is 7.72. The smallest absolute Gasteiger partial charge is 0.407 e. The van der Waals surface area contributed by atoms with E-state index in [1.807, 2.05) is 0 Å². The fourth-order valence-corrected chi connectivity index (χ4v) is 3.95. The topological polar surface area (TPSA) is 105 Å². The Balaban J connectivity index is 2.14. The van der Waals surface area contributed by atoms with Crippen molar-refractivity contribution in [2.75, 3.05) is 7.05 Å². The van der Waals surface area contributed by atoms with E-state index < -0.39 is 16.1 Å². The van der Waals surface area contributed by atoms with E-state index in [4.69, 9.17) is 16.7 Å². The van der Waals surface area contributed by atoms with E-state index in [0.29, 0.717) is 16.8 Å². The maximum atomic E-state index is 13.1. The normalized spacial score (nSPS) is 11.3. The fourth-order valence-electron chi connectivity index (χ4n) is 2.47. The molecule has 3 aromatic heterocycles. The molecule has 0 saturated carbocycles. The Labute approximate surface area is 160 Å². The summed E-state index contributed by atoms with van der Waals surface area (Å²) < 4.78 is 27.2. The SMILES string of the molecule is CN(Cc1cc(-c2ccc(Cl)nc2)n(S(=O)(=O)c2cccnc2)c1)C(=O)O. The van der Waals surface area contributed by atoms with Crippen molar-refractivity contribution in [1.82, 2.24) is 18.8 Å². The minimum Gasteiger partial charge on any atom is -0.465 e. The maximum Gasteiger partial charge on any atom is 0.407 e. The van der Waals surface area contributed by atoms with E-state index >= 15 is 0 Å². The Morgan fingerprint density at radius 1 is 1.30 bits per heavy atom. The van der Waals surface area contributed by atoms with Gasteiger partial charge >= 0.3 is 6.09 Å². The number of hydrogen-bond donors (Lipinski definition) is 1. The average molecular weight is 407 g/mol. The van der Waals surface area contributed by atoms with Gasteiger partial charge in [-0.05, 0) is 35.9 Å². The highest BCUT2D eigenvalue weighted by Gasteiger charge is 2.23. The van der Waals surface area contributed by atoms with Gasteiger partial charge in [0.1, 0.15) is 10.0 Å². The highest BCUT2D eigenvalue weighted by Crippen LogP contribution is 2.27. The first kappa shape index (κ1) is 18.9. The molecule has 0 aliphatic heterocycles. The molecule has 0 unspecified atom stereocenters. The van der Waals surface area contributed by atoms with Gasteiger partial charge in [-0.25, -0.2) is 22.2 Å². The van der Waals surface area contributed by atoms with Crippen LogP contribution in [0.5, 0.6) is 0 Å². The number of carboxylic acid groups (broad SMARTS) is 1. The third kappa shape index (κ3) is 3.93. The lowest BCUT2D eigenvalue weighted by molar-refractivity contribution is 0.154. The Morgan fingerprint density at radius 2 is 2.07 bits per heavy atom. The van der Waals surface area contributed by atoms with Crippen LogP contribution in [0.25, 0.3) is 11.3 Å². The van der Waals surface area contributed by atoms with Crippen molar-refractivity contribution in [1.29, 1.82) is 0 Å². The van der Waals surface area contributed by atoms with Crippen LogP contribution >= 0.6 is 11.6 Å². The number of rotatable bonds is 5. The van der Waals surface area contributed by atoms with Crippen LogP contribution < -0.4 is 0 Å². The van der Waals surface area contributed by atoms with Gasteiger partial charge in [0.2, 0.25) is 0 Å². The molecule has 0 aliphatic carbocycles. The van der Waals surface area contributed by atoms with Gasteiger partial charge in [0.25, 0.3) is 10.0 Å². The molecule has 1 N–H and O–H groups in total. The summed E-state index contributed by atoms with van der Waals surface area (Å²) in [6.45, 7) is 0.0267. The number of aromatic nitrogens is 3. The molecule has 0 aliphatic rings. The molecule has 1 amide bonds. The Morgan fingerprint density at radius 3 is 2.67 bits per heavy atom. The van der Waals surface area contributed by atoms with Crippen molar-refractivity contribution in [3.63, 3.8) is 0 Å². The van der Waals surface area contributed by atoms with Gasteiger partial charge in [0.15, 0.2) is 0 Å². The standard InChI is InChI=1S/C17H15ClN4O4S/c1-21(17(23)24)10-12-7-15(13-4-5-16(18)20-8-13)22(11-12)27(25,26)14-3-2-6-19-9-14/h2-9,11H,10H2,1H3,(H,23,24). The van der Waals surface area contributed by atoms with Crippen molar-refractivity contribution in [2.45, 2.75) is 11.4 Å². The third-order valence-corrected chi connectivity index (χ3v) is 5.68. The van der Waals surface area contributed by atoms with Gasteiger partial charge < -0.3 is 10.0 Å². The summed E-state index contributed by atoms with van der Waals surface area (Å²) in [7, 11) is -2.53. The first-order valence-corrected chi connectivity index (χ1v) is 9.53. The lowest BCUT2D eigenvalue weighted by atomic mass is 10.2. The first-order chi connectivity index (χ1) is 12.8. The third-order valence-electron chi connectivity index (χ3n) is 3.80. The average Bonchev–Trinajstić information content (AvgIpc) is 3.07. The minimum absolute atomic E-state index is 0.0157. The van der Waals surface area contributed by atoms with Crippen LogP contribution in [0.1, 0.15) is 5.56 Å². The van der Waals surface area contributed by atoms with E-state index in [1.54, 1.807) is 18.2 Å². The number of pyridine rings is 2. The largest absolute Gasteiger partial charge is 0.465 e. The second kappa shape index (κ2) is 7.37. The van der Waals surface area contributed by atoms with E-state index in [1.165, 1.54) is 44.0 Å². The van der Waals surface area contributed by atoms with Crippen LogP contribution in [0.4, 0.5) is 4.79 Å². The van der Waals surface area contributed by atoms with Crippen molar-refractivity contribution in [3.05, 3.63) is 65.8 Å². The van der Waals surface area contributed by atoms with Crippen LogP contribution in [0.15, 0.2) is 60.0 Å². The van der Waals surface area contributed by atoms with Crippen LogP contribution in [0.2, 0.25) is 5.15 Å². The number of carbonyl (C=O) groups is 1. The Hall–Kier alpha value is -2.91. The number of nitrogens with zero attached hydrogens (tertiary/aromatic N) is 4. The summed E-state index contributed by atoms with van der Waals surface area (Å²) in [6.07, 6.45) is 4.46. The zero-order valence-electron chi connectivity index (χ0n) is 14.2. The fraction of sp³-hybridized carbons (Fsp3) is 0.118. The highest BCUT2D eigenvalue weighted by molar-refractivity contribution is 7.90. The number of amides is 1. The molecule has 3 heterocycles. The highest BCUT2D eigenvalue weighted by atomic mass is 35.5. The molecule has 0 radical (unpaired) electrons. The van der Waals surface area contributed by atoms with Crippen LogP contribution in [0, 0.1) is 0 Å². The number of halogens is 1. The summed E-state index contributed by atoms with van der Waals surface area (Å²) in [5.74, 6) is 0. The molecule has 0 aromatic carbocycles. The Kier molecular flexibility index (Phi) is 5.15. The molecule has 0 spiro atoms. The Bertz CT molecular complexity index is 1070. The second-order valence-electron chi connectivity index (χ2n) is 5.73. The second-order valence-corrected chi connectivity index (χ2v) is 7.93. The predicted octanol–water partition coefficient (Wildman–Crippen LogP) is 2.95. The van der Waals surface area contributed by atoms with Gasteiger partial charge in [-0.2, -0.15) is 0 Å². The van der Waals surface area contributed by atoms with E-state index in [0.717, 1.165) is 8.87 Å². The van der Waals surface area contributed by atoms with Crippen LogP contribution in [0.3, 0.4) is 0 Å². The predicted molar refractivity (Wildman–Crippen MR) is 99.0 cm³/mol. The van der Waals surface area contributed by atoms with Crippen molar-refractivity contribution in [2.24, 2.45) is 0 Å². The molecular formula is C17H15ClN4O4S. The van der Waals surface area contributed by atoms with Crippen LogP contribution in [-0.4, -0.2) is 45.5 Å². The van der Waals surface area contributed by atoms with Gasteiger partial charge in [-0.3, -0.25) is 4.98 Å². The summed E-state index contributed by atoms with van der Waals surface area (Å²) in [4.78, 5) is 20.0.